The molecule has 6 nitrogen and oxygen atoms in total. The number of nitrogens with zero attached hydrogens (tertiary/aromatic N) is 2. The summed E-state index contributed by atoms with van der Waals surface area (Å²) < 4.78 is 12.9. The topological polar surface area (TPSA) is 65.4 Å². The molecule has 6 heteroatoms. The summed E-state index contributed by atoms with van der Waals surface area (Å²) in [6.45, 7) is 6.18. The Bertz CT molecular complexity index is 1030. The molecule has 0 bridgehead atoms. The average molecular weight is 438 g/mol. The number of imidazole rings is 1. The van der Waals surface area contributed by atoms with Crippen LogP contribution in [0.5, 0.6) is 11.5 Å². The maximum Gasteiger partial charge on any atom is 0.251 e. The Hall–Kier alpha value is -3.02. The summed E-state index contributed by atoms with van der Waals surface area (Å²) in [5.41, 5.74) is 2.88. The molecule has 0 aliphatic heterocycles. The third-order valence-corrected chi connectivity index (χ3v) is 5.67. The van der Waals surface area contributed by atoms with Crippen molar-refractivity contribution in [2.45, 2.75) is 52.5 Å². The number of rotatable bonds is 12. The van der Waals surface area contributed by atoms with Gasteiger partial charge in [-0.15, -0.1) is 0 Å². The van der Waals surface area contributed by atoms with E-state index in [1.165, 1.54) is 11.3 Å². The van der Waals surface area contributed by atoms with Crippen LogP contribution in [0.2, 0.25) is 0 Å². The minimum Gasteiger partial charge on any atom is -0.493 e. The van der Waals surface area contributed by atoms with E-state index in [1.54, 1.807) is 32.4 Å². The predicted octanol–water partition coefficient (Wildman–Crippen LogP) is 5.24. The Morgan fingerprint density at radius 2 is 1.81 bits per heavy atom. The maximum atomic E-state index is 12.4. The monoisotopic (exact) mass is 437 g/mol. The summed E-state index contributed by atoms with van der Waals surface area (Å²) in [6, 6.07) is 13.6. The summed E-state index contributed by atoms with van der Waals surface area (Å²) in [4.78, 5) is 17.3. The minimum absolute atomic E-state index is 0.0959. The largest absolute Gasteiger partial charge is 0.493 e. The first-order chi connectivity index (χ1) is 15.5. The minimum atomic E-state index is -0.0959. The Kier molecular flexibility index (Phi) is 8.54. The van der Waals surface area contributed by atoms with Crippen LogP contribution in [0.15, 0.2) is 42.5 Å². The summed E-state index contributed by atoms with van der Waals surface area (Å²) in [7, 11) is 3.15. The van der Waals surface area contributed by atoms with Crippen molar-refractivity contribution in [3.05, 3.63) is 53.9 Å². The lowest BCUT2D eigenvalue weighted by Gasteiger charge is -2.11. The van der Waals surface area contributed by atoms with Gasteiger partial charge in [0.15, 0.2) is 11.5 Å². The summed E-state index contributed by atoms with van der Waals surface area (Å²) in [6.07, 6.45) is 5.13. The van der Waals surface area contributed by atoms with E-state index in [-0.39, 0.29) is 5.91 Å². The standard InChI is InChI=1S/C26H35N3O3/c1-19(2)15-17-29-22-11-8-7-10-21(22)28-25(29)12-6-5-9-16-27-26(30)20-13-14-23(31-3)24(18-20)32-4/h7-8,10-11,13-14,18-19H,5-6,9,12,15-17H2,1-4H3,(H,27,30). The zero-order valence-electron chi connectivity index (χ0n) is 19.7. The highest BCUT2D eigenvalue weighted by molar-refractivity contribution is 5.94. The van der Waals surface area contributed by atoms with E-state index in [9.17, 15) is 4.79 Å². The van der Waals surface area contributed by atoms with Crippen LogP contribution in [0.1, 0.15) is 55.7 Å². The summed E-state index contributed by atoms with van der Waals surface area (Å²) in [5, 5.41) is 3.00. The molecular formula is C26H35N3O3. The lowest BCUT2D eigenvalue weighted by atomic mass is 10.1. The molecule has 0 aliphatic rings. The third-order valence-electron chi connectivity index (χ3n) is 5.67. The first-order valence-electron chi connectivity index (χ1n) is 11.5. The number of methoxy groups -OCH3 is 2. The number of benzene rings is 2. The van der Waals surface area contributed by atoms with Crippen molar-refractivity contribution in [3.8, 4) is 11.5 Å². The molecular weight excluding hydrogens is 402 g/mol. The zero-order valence-corrected chi connectivity index (χ0v) is 19.7. The fourth-order valence-corrected chi connectivity index (χ4v) is 3.82. The van der Waals surface area contributed by atoms with E-state index in [0.717, 1.165) is 44.2 Å². The van der Waals surface area contributed by atoms with Crippen LogP contribution < -0.4 is 14.8 Å². The Balaban J connectivity index is 1.47. The van der Waals surface area contributed by atoms with Gasteiger partial charge >= 0.3 is 0 Å². The predicted molar refractivity (Wildman–Crippen MR) is 129 cm³/mol. The van der Waals surface area contributed by atoms with Crippen LogP contribution in [0.3, 0.4) is 0 Å². The number of nitrogens with one attached hydrogen (secondary N) is 1. The number of carbonyl (C=O) groups is 1. The number of para-hydroxylation sites is 2. The molecule has 1 aromatic heterocycles. The molecule has 0 atom stereocenters. The third kappa shape index (κ3) is 6.02. The average Bonchev–Trinajstić information content (AvgIpc) is 3.16. The number of amides is 1. The van der Waals surface area contributed by atoms with Crippen LogP contribution >= 0.6 is 0 Å². The Labute approximate surface area is 190 Å². The van der Waals surface area contributed by atoms with Crippen molar-refractivity contribution in [3.63, 3.8) is 0 Å². The van der Waals surface area contributed by atoms with Crippen molar-refractivity contribution in [1.29, 1.82) is 0 Å². The van der Waals surface area contributed by atoms with Gasteiger partial charge in [-0.2, -0.15) is 0 Å². The van der Waals surface area contributed by atoms with Crippen molar-refractivity contribution < 1.29 is 14.3 Å². The smallest absolute Gasteiger partial charge is 0.251 e. The first kappa shape index (κ1) is 23.6. The number of unbranched alkanes of at least 4 members (excludes halogenated alkanes) is 2. The molecule has 0 spiro atoms. The van der Waals surface area contributed by atoms with Gasteiger partial charge in [0.1, 0.15) is 5.82 Å². The van der Waals surface area contributed by atoms with Gasteiger partial charge in [0.2, 0.25) is 0 Å². The molecule has 3 aromatic rings. The molecule has 0 aliphatic carbocycles. The summed E-state index contributed by atoms with van der Waals surface area (Å²) in [5.74, 6) is 2.91. The van der Waals surface area contributed by atoms with Gasteiger partial charge in [0, 0.05) is 25.1 Å². The maximum absolute atomic E-state index is 12.4. The van der Waals surface area contributed by atoms with Gasteiger partial charge in [-0.3, -0.25) is 4.79 Å². The normalized spacial score (nSPS) is 11.2. The molecule has 1 amide bonds. The lowest BCUT2D eigenvalue weighted by Crippen LogP contribution is -2.24. The lowest BCUT2D eigenvalue weighted by molar-refractivity contribution is 0.0952. The molecule has 0 fully saturated rings. The highest BCUT2D eigenvalue weighted by Gasteiger charge is 2.12. The van der Waals surface area contributed by atoms with Gasteiger partial charge in [-0.05, 0) is 55.5 Å². The molecule has 0 saturated carbocycles. The van der Waals surface area contributed by atoms with Crippen LogP contribution in [0, 0.1) is 5.92 Å². The number of aryl methyl sites for hydroxylation is 2. The van der Waals surface area contributed by atoms with Crippen molar-refractivity contribution >= 4 is 16.9 Å². The van der Waals surface area contributed by atoms with Crippen LogP contribution in [-0.2, 0) is 13.0 Å². The van der Waals surface area contributed by atoms with Gasteiger partial charge in [0.25, 0.3) is 5.91 Å². The molecule has 1 heterocycles. The number of aromatic nitrogens is 2. The Morgan fingerprint density at radius 1 is 1.03 bits per heavy atom. The molecule has 1 N–H and O–H groups in total. The van der Waals surface area contributed by atoms with Crippen LogP contribution in [0.25, 0.3) is 11.0 Å². The van der Waals surface area contributed by atoms with Crippen molar-refractivity contribution in [2.75, 3.05) is 20.8 Å². The van der Waals surface area contributed by atoms with E-state index >= 15 is 0 Å². The van der Waals surface area contributed by atoms with E-state index < -0.39 is 0 Å². The Morgan fingerprint density at radius 3 is 2.56 bits per heavy atom. The fraction of sp³-hybridized carbons (Fsp3) is 0.462. The quantitative estimate of drug-likeness (QED) is 0.394. The molecule has 0 unspecified atom stereocenters. The molecule has 0 radical (unpaired) electrons. The van der Waals surface area contributed by atoms with Crippen LogP contribution in [-0.4, -0.2) is 36.2 Å². The van der Waals surface area contributed by atoms with E-state index in [0.29, 0.717) is 29.5 Å². The van der Waals surface area contributed by atoms with E-state index in [2.05, 4.69) is 41.9 Å². The number of hydrogen-bond donors (Lipinski definition) is 1. The molecule has 32 heavy (non-hydrogen) atoms. The second kappa shape index (κ2) is 11.6. The van der Waals surface area contributed by atoms with Crippen LogP contribution in [0.4, 0.5) is 0 Å². The van der Waals surface area contributed by atoms with Crippen molar-refractivity contribution in [1.82, 2.24) is 14.9 Å². The van der Waals surface area contributed by atoms with Gasteiger partial charge in [0.05, 0.1) is 25.3 Å². The molecule has 3 rings (SSSR count). The summed E-state index contributed by atoms with van der Waals surface area (Å²) >= 11 is 0. The second-order valence-electron chi connectivity index (χ2n) is 8.49. The van der Waals surface area contributed by atoms with Gasteiger partial charge in [-0.25, -0.2) is 4.98 Å². The van der Waals surface area contributed by atoms with Gasteiger partial charge < -0.3 is 19.4 Å². The fourth-order valence-electron chi connectivity index (χ4n) is 3.82. The van der Waals surface area contributed by atoms with Crippen molar-refractivity contribution in [2.24, 2.45) is 5.92 Å². The number of hydrogen-bond acceptors (Lipinski definition) is 4. The number of ether oxygens (including phenoxy) is 2. The van der Waals surface area contributed by atoms with Gasteiger partial charge in [-0.1, -0.05) is 32.4 Å². The van der Waals surface area contributed by atoms with E-state index in [4.69, 9.17) is 14.5 Å². The highest BCUT2D eigenvalue weighted by Crippen LogP contribution is 2.27. The molecule has 172 valence electrons. The number of fused-ring (bicyclic) bond motifs is 1. The SMILES string of the molecule is COc1ccc(C(=O)NCCCCCc2nc3ccccc3n2CCC(C)C)cc1OC. The molecule has 0 saturated heterocycles. The molecule has 2 aromatic carbocycles. The van der Waals surface area contributed by atoms with E-state index in [1.807, 2.05) is 6.07 Å². The zero-order chi connectivity index (χ0) is 22.9. The highest BCUT2D eigenvalue weighted by atomic mass is 16.5. The second-order valence-corrected chi connectivity index (χ2v) is 8.49. The first-order valence-corrected chi connectivity index (χ1v) is 11.5. The number of carbonyl (C=O) groups excluding carboxylic acids is 1.